The van der Waals surface area contributed by atoms with Gasteiger partial charge >= 0.3 is 11.9 Å². The fraction of sp³-hybridized carbons (Fsp3) is 0.514. The van der Waals surface area contributed by atoms with Crippen molar-refractivity contribution >= 4 is 45.3 Å². The fourth-order valence-electron chi connectivity index (χ4n) is 9.49. The lowest BCUT2D eigenvalue weighted by atomic mass is 9.43. The van der Waals surface area contributed by atoms with E-state index in [0.29, 0.717) is 54.3 Å². The van der Waals surface area contributed by atoms with Crippen molar-refractivity contribution in [3.8, 4) is 0 Å². The molecule has 5 heterocycles. The van der Waals surface area contributed by atoms with Crippen LogP contribution in [0.5, 0.6) is 0 Å². The number of fused-ring (bicyclic) bond motifs is 2. The first kappa shape index (κ1) is 32.7. The van der Waals surface area contributed by atoms with Crippen LogP contribution in [0.4, 0.5) is 0 Å². The van der Waals surface area contributed by atoms with Crippen molar-refractivity contribution in [2.24, 2.45) is 35.0 Å². The highest BCUT2D eigenvalue weighted by molar-refractivity contribution is 8.76. The summed E-state index contributed by atoms with van der Waals surface area (Å²) in [6.45, 7) is 4.70. The summed E-state index contributed by atoms with van der Waals surface area (Å²) in [6, 6.07) is 0. The molecule has 9 aliphatic rings. The van der Waals surface area contributed by atoms with Crippen molar-refractivity contribution in [1.29, 1.82) is 0 Å². The highest BCUT2D eigenvalue weighted by atomic mass is 33.1. The van der Waals surface area contributed by atoms with Gasteiger partial charge in [-0.1, -0.05) is 47.9 Å². The predicted octanol–water partition coefficient (Wildman–Crippen LogP) is 4.90. The van der Waals surface area contributed by atoms with E-state index >= 15 is 0 Å². The lowest BCUT2D eigenvalue weighted by molar-refractivity contribution is -0.138. The number of amides is 2. The zero-order valence-corrected chi connectivity index (χ0v) is 29.3. The zero-order chi connectivity index (χ0) is 34.0. The third kappa shape index (κ3) is 5.19. The first-order valence-corrected chi connectivity index (χ1v) is 19.8. The number of hydrogen-bond donors (Lipinski definition) is 3. The highest BCUT2D eigenvalue weighted by Gasteiger charge is 2.69. The normalized spacial score (nSPS) is 37.2. The minimum atomic E-state index is -0.899. The van der Waals surface area contributed by atoms with Gasteiger partial charge in [0.2, 0.25) is 0 Å². The summed E-state index contributed by atoms with van der Waals surface area (Å²) in [5.41, 5.74) is 2.51. The topological polar surface area (TPSA) is 134 Å². The molecule has 7 bridgehead atoms. The van der Waals surface area contributed by atoms with Crippen molar-refractivity contribution < 1.29 is 33.8 Å². The van der Waals surface area contributed by atoms with Gasteiger partial charge < -0.3 is 25.2 Å². The molecule has 49 heavy (non-hydrogen) atoms. The molecule has 2 amide bonds. The molecule has 0 unspecified atom stereocenters. The maximum Gasteiger partial charge on any atom is 0.340 e. The number of nitrogens with zero attached hydrogens (tertiary/aromatic N) is 1. The van der Waals surface area contributed by atoms with Crippen LogP contribution in [-0.4, -0.2) is 58.2 Å². The Balaban J connectivity index is 1.36. The van der Waals surface area contributed by atoms with E-state index in [-0.39, 0.29) is 48.0 Å². The van der Waals surface area contributed by atoms with Crippen LogP contribution in [0.1, 0.15) is 58.8 Å². The molecule has 9 rings (SSSR count). The number of aliphatic hydroxyl groups excluding tert-OH is 1. The maximum atomic E-state index is 14.4. The van der Waals surface area contributed by atoms with Crippen molar-refractivity contribution in [3.05, 3.63) is 81.7 Å². The van der Waals surface area contributed by atoms with Crippen LogP contribution in [0.25, 0.3) is 0 Å². The number of allylic oxidation sites excluding steroid dienone is 5. The SMILES string of the molecule is CCC/C=C1\OC(=O)C2=C1CC[C@H]1[C@@H]3CC[C@@]4(C5=C3[C@@H](CN3C(=O)C=CC3=O)C3=CCNC(=C3)NCSS[C@@H](O)[C@H](C)C/C=C/4OC5=O)[C@@H]21. The van der Waals surface area contributed by atoms with Crippen molar-refractivity contribution in [2.75, 3.05) is 19.0 Å². The summed E-state index contributed by atoms with van der Waals surface area (Å²) < 4.78 is 12.3. The molecule has 1 saturated heterocycles. The number of esters is 2. The second-order valence-corrected chi connectivity index (χ2v) is 16.7. The Bertz CT molecular complexity index is 1740. The quantitative estimate of drug-likeness (QED) is 0.210. The van der Waals surface area contributed by atoms with E-state index in [0.717, 1.165) is 48.2 Å². The van der Waals surface area contributed by atoms with Crippen molar-refractivity contribution in [3.63, 3.8) is 0 Å². The first-order chi connectivity index (χ1) is 23.7. The lowest BCUT2D eigenvalue weighted by Gasteiger charge is -2.57. The summed E-state index contributed by atoms with van der Waals surface area (Å²) in [5, 5.41) is 17.8. The number of aliphatic hydroxyl groups is 1. The van der Waals surface area contributed by atoms with Crippen LogP contribution in [0.3, 0.4) is 0 Å². The summed E-state index contributed by atoms with van der Waals surface area (Å²) in [7, 11) is 2.91. The molecular weight excluding hydrogens is 663 g/mol. The minimum absolute atomic E-state index is 0.0329. The molecule has 3 N–H and O–H groups in total. The van der Waals surface area contributed by atoms with E-state index in [1.54, 1.807) is 0 Å². The zero-order valence-electron chi connectivity index (χ0n) is 27.7. The molecule has 0 aromatic carbocycles. The van der Waals surface area contributed by atoms with E-state index in [4.69, 9.17) is 9.47 Å². The molecule has 5 aliphatic heterocycles. The molecule has 10 nitrogen and oxygen atoms in total. The van der Waals surface area contributed by atoms with Crippen molar-refractivity contribution in [2.45, 2.75) is 64.2 Å². The number of rotatable bonds is 4. The third-order valence-electron chi connectivity index (χ3n) is 11.6. The molecule has 12 heteroatoms. The first-order valence-electron chi connectivity index (χ1n) is 17.4. The molecule has 4 aliphatic carbocycles. The second-order valence-electron chi connectivity index (χ2n) is 14.2. The summed E-state index contributed by atoms with van der Waals surface area (Å²) in [6.07, 6.45) is 15.9. The number of carbonyl (C=O) groups excluding carboxylic acids is 4. The van der Waals surface area contributed by atoms with Gasteiger partial charge in [0.05, 0.1) is 22.7 Å². The third-order valence-corrected chi connectivity index (χ3v) is 14.1. The smallest absolute Gasteiger partial charge is 0.340 e. The monoisotopic (exact) mass is 703 g/mol. The number of cyclic esters (lactones) is 1. The van der Waals surface area contributed by atoms with Crippen LogP contribution >= 0.6 is 21.6 Å². The van der Waals surface area contributed by atoms with Gasteiger partial charge in [-0.25, -0.2) is 9.59 Å². The fourth-order valence-corrected chi connectivity index (χ4v) is 11.6. The van der Waals surface area contributed by atoms with Gasteiger partial charge in [-0.15, -0.1) is 0 Å². The Morgan fingerprint density at radius 2 is 1.90 bits per heavy atom. The number of imide groups is 1. The number of unbranched alkanes of at least 4 members (excludes halogenated alkanes) is 1. The van der Waals surface area contributed by atoms with Crippen LogP contribution in [0.2, 0.25) is 0 Å². The molecule has 0 aromatic rings. The van der Waals surface area contributed by atoms with E-state index in [2.05, 4.69) is 23.6 Å². The number of nitrogens with one attached hydrogen (secondary N) is 2. The Kier molecular flexibility index (Phi) is 8.47. The largest absolute Gasteiger partial charge is 0.427 e. The number of dihydropyridines is 1. The van der Waals surface area contributed by atoms with E-state index in [9.17, 15) is 24.3 Å². The maximum absolute atomic E-state index is 14.4. The molecule has 7 atom stereocenters. The lowest BCUT2D eigenvalue weighted by Crippen LogP contribution is -2.54. The van der Waals surface area contributed by atoms with Crippen LogP contribution < -0.4 is 10.6 Å². The Morgan fingerprint density at radius 3 is 2.69 bits per heavy atom. The highest BCUT2D eigenvalue weighted by Crippen LogP contribution is 2.71. The minimum Gasteiger partial charge on any atom is -0.427 e. The molecule has 2 fully saturated rings. The van der Waals surface area contributed by atoms with Gasteiger partial charge in [0.1, 0.15) is 17.0 Å². The van der Waals surface area contributed by atoms with Gasteiger partial charge in [0.15, 0.2) is 0 Å². The van der Waals surface area contributed by atoms with E-state index < -0.39 is 22.7 Å². The molecule has 0 radical (unpaired) electrons. The van der Waals surface area contributed by atoms with Gasteiger partial charge in [-0.3, -0.25) is 14.5 Å². The molecule has 258 valence electrons. The average molecular weight is 704 g/mol. The van der Waals surface area contributed by atoms with Gasteiger partial charge in [-0.05, 0) is 85.7 Å². The Hall–Kier alpha value is -3.48. The van der Waals surface area contributed by atoms with Crippen molar-refractivity contribution in [1.82, 2.24) is 15.5 Å². The summed E-state index contributed by atoms with van der Waals surface area (Å²) >= 11 is 0. The average Bonchev–Trinajstić information content (AvgIpc) is 3.72. The molecule has 1 saturated carbocycles. The second kappa shape index (κ2) is 12.7. The Labute approximate surface area is 293 Å². The van der Waals surface area contributed by atoms with Crippen LogP contribution in [-0.2, 0) is 28.7 Å². The van der Waals surface area contributed by atoms with Crippen LogP contribution in [0, 0.1) is 35.0 Å². The van der Waals surface area contributed by atoms with Gasteiger partial charge in [-0.2, -0.15) is 0 Å². The summed E-state index contributed by atoms with van der Waals surface area (Å²) in [4.78, 5) is 55.7. The van der Waals surface area contributed by atoms with Crippen LogP contribution in [0.15, 0.2) is 81.7 Å². The van der Waals surface area contributed by atoms with E-state index in [1.807, 2.05) is 25.2 Å². The molecule has 0 aromatic heterocycles. The standard InChI is InChI=1S/C37H41N3O7S2/c1-3-4-5-25-23-8-7-22-21-12-14-37(32(22)31(23)34(43)46-25)26-9-6-19(2)36(45)49-48-18-39-27-16-20(13-15-38-27)24(30(21)33(37)35(44)47-26)17-40-28(41)10-11-29(40)42/h5,9-11,13,16,19,21-22,24,32,36,38-39,45H,3-4,6-8,12,14-15,17-18H2,1-2H3/b25-5-,26-9-/t19-,21+,22+,24+,32-,36-,37+/m1/s1. The molecular formula is C37H41N3O7S2. The van der Waals surface area contributed by atoms with Gasteiger partial charge in [0, 0.05) is 48.2 Å². The van der Waals surface area contributed by atoms with Gasteiger partial charge in [0.25, 0.3) is 11.8 Å². The van der Waals surface area contributed by atoms with E-state index in [1.165, 1.54) is 38.6 Å². The predicted molar refractivity (Wildman–Crippen MR) is 185 cm³/mol. The number of carbonyl (C=O) groups is 4. The number of ether oxygens (including phenoxy) is 2. The number of hydrogen-bond acceptors (Lipinski definition) is 11. The molecule has 1 spiro atoms. The summed E-state index contributed by atoms with van der Waals surface area (Å²) in [5.74, 6) is 0.165. The Morgan fingerprint density at radius 1 is 1.08 bits per heavy atom.